The van der Waals surface area contributed by atoms with E-state index < -0.39 is 0 Å². The molecule has 0 unspecified atom stereocenters. The summed E-state index contributed by atoms with van der Waals surface area (Å²) in [6.45, 7) is 3.65. The quantitative estimate of drug-likeness (QED) is 0.570. The van der Waals surface area contributed by atoms with E-state index in [4.69, 9.17) is 0 Å². The molecule has 1 aromatic rings. The van der Waals surface area contributed by atoms with E-state index in [1.165, 1.54) is 0 Å². The number of hydrogen-bond acceptors (Lipinski definition) is 1. The van der Waals surface area contributed by atoms with Crippen molar-refractivity contribution >= 4 is 22.2 Å². The lowest BCUT2D eigenvalue weighted by Gasteiger charge is -2.00. The van der Waals surface area contributed by atoms with Gasteiger partial charge in [0.15, 0.2) is 0 Å². The number of allylic oxidation sites excluding steroid dienone is 1. The highest BCUT2D eigenvalue weighted by Gasteiger charge is 1.98. The molecule has 0 atom stereocenters. The molecule has 0 aliphatic rings. The fraction of sp³-hybridized carbons (Fsp3) is 0.100. The van der Waals surface area contributed by atoms with Gasteiger partial charge in [-0.2, -0.15) is 0 Å². The Balaban J connectivity index is 3.02. The van der Waals surface area contributed by atoms with E-state index in [0.29, 0.717) is 5.56 Å². The van der Waals surface area contributed by atoms with Crippen LogP contribution in [-0.4, -0.2) is 6.29 Å². The van der Waals surface area contributed by atoms with Gasteiger partial charge in [-0.1, -0.05) is 34.1 Å². The molecule has 0 fully saturated rings. The van der Waals surface area contributed by atoms with Crippen molar-refractivity contribution in [2.45, 2.75) is 6.42 Å². The lowest BCUT2D eigenvalue weighted by atomic mass is 10.1. The maximum absolute atomic E-state index is 10.4. The Morgan fingerprint density at radius 1 is 1.50 bits per heavy atom. The first-order chi connectivity index (χ1) is 5.77. The third-order valence-electron chi connectivity index (χ3n) is 1.58. The van der Waals surface area contributed by atoms with Crippen LogP contribution < -0.4 is 0 Å². The van der Waals surface area contributed by atoms with E-state index in [-0.39, 0.29) is 0 Å². The largest absolute Gasteiger partial charge is 0.298 e. The number of aldehydes is 1. The second-order valence-electron chi connectivity index (χ2n) is 2.46. The molecule has 0 N–H and O–H groups in total. The molecule has 0 radical (unpaired) electrons. The van der Waals surface area contributed by atoms with Gasteiger partial charge in [-0.05, 0) is 18.1 Å². The van der Waals surface area contributed by atoms with E-state index in [2.05, 4.69) is 22.5 Å². The summed E-state index contributed by atoms with van der Waals surface area (Å²) in [7, 11) is 0. The van der Waals surface area contributed by atoms with E-state index in [1.807, 2.05) is 18.2 Å². The second-order valence-corrected chi connectivity index (χ2v) is 3.32. The van der Waals surface area contributed by atoms with Crippen LogP contribution in [0.5, 0.6) is 0 Å². The van der Waals surface area contributed by atoms with Crippen LogP contribution in [0.4, 0.5) is 0 Å². The Labute approximate surface area is 80.2 Å². The van der Waals surface area contributed by atoms with Gasteiger partial charge in [-0.25, -0.2) is 0 Å². The van der Waals surface area contributed by atoms with Gasteiger partial charge >= 0.3 is 0 Å². The smallest absolute Gasteiger partial charge is 0.150 e. The zero-order valence-corrected chi connectivity index (χ0v) is 8.17. The van der Waals surface area contributed by atoms with Crippen LogP contribution >= 0.6 is 15.9 Å². The summed E-state index contributed by atoms with van der Waals surface area (Å²) in [6, 6.07) is 5.54. The summed E-state index contributed by atoms with van der Waals surface area (Å²) < 4.78 is 0.965. The molecule has 0 bridgehead atoms. The normalized spacial score (nSPS) is 9.42. The Morgan fingerprint density at radius 2 is 2.25 bits per heavy atom. The molecule has 0 aromatic heterocycles. The van der Waals surface area contributed by atoms with E-state index >= 15 is 0 Å². The topological polar surface area (TPSA) is 17.1 Å². The number of carbonyl (C=O) groups excluding carboxylic acids is 1. The fourth-order valence-electron chi connectivity index (χ4n) is 0.958. The highest BCUT2D eigenvalue weighted by molar-refractivity contribution is 9.10. The third-order valence-corrected chi connectivity index (χ3v) is 2.32. The first-order valence-corrected chi connectivity index (χ1v) is 4.41. The molecule has 62 valence electrons. The van der Waals surface area contributed by atoms with Crippen LogP contribution in [0.2, 0.25) is 0 Å². The zero-order valence-electron chi connectivity index (χ0n) is 6.59. The van der Waals surface area contributed by atoms with Gasteiger partial charge in [0.2, 0.25) is 0 Å². The summed E-state index contributed by atoms with van der Waals surface area (Å²) in [4.78, 5) is 10.4. The van der Waals surface area contributed by atoms with Gasteiger partial charge in [0.25, 0.3) is 0 Å². The highest BCUT2D eigenvalue weighted by Crippen LogP contribution is 2.18. The monoisotopic (exact) mass is 224 g/mol. The number of hydrogen-bond donors (Lipinski definition) is 0. The second kappa shape index (κ2) is 4.21. The van der Waals surface area contributed by atoms with Crippen molar-refractivity contribution in [2.75, 3.05) is 0 Å². The van der Waals surface area contributed by atoms with Crippen LogP contribution in [0.15, 0.2) is 35.3 Å². The first kappa shape index (κ1) is 9.20. The third kappa shape index (κ3) is 2.05. The molecule has 0 saturated heterocycles. The predicted octanol–water partition coefficient (Wildman–Crippen LogP) is 2.99. The van der Waals surface area contributed by atoms with Gasteiger partial charge in [0.05, 0.1) is 0 Å². The number of halogens is 1. The Hall–Kier alpha value is -0.890. The van der Waals surface area contributed by atoms with E-state index in [1.54, 1.807) is 6.07 Å². The van der Waals surface area contributed by atoms with Crippen LogP contribution in [-0.2, 0) is 6.42 Å². The average molecular weight is 225 g/mol. The minimum absolute atomic E-state index is 0.690. The van der Waals surface area contributed by atoms with Gasteiger partial charge in [0.1, 0.15) is 6.29 Å². The molecular weight excluding hydrogens is 216 g/mol. The van der Waals surface area contributed by atoms with Crippen molar-refractivity contribution in [3.05, 3.63) is 46.5 Å². The molecule has 2 heteroatoms. The SMILES string of the molecule is C=CCc1ccc(C=O)cc1Br. The highest BCUT2D eigenvalue weighted by atomic mass is 79.9. The van der Waals surface area contributed by atoms with Crippen molar-refractivity contribution in [1.29, 1.82) is 0 Å². The molecule has 1 nitrogen and oxygen atoms in total. The lowest BCUT2D eigenvalue weighted by molar-refractivity contribution is 0.112. The Kier molecular flexibility index (Phi) is 3.23. The standard InChI is InChI=1S/C10H9BrO/c1-2-3-9-5-4-8(7-12)6-10(9)11/h2,4-7H,1,3H2. The summed E-state index contributed by atoms with van der Waals surface area (Å²) in [5.41, 5.74) is 1.84. The fourth-order valence-corrected chi connectivity index (χ4v) is 1.52. The van der Waals surface area contributed by atoms with Crippen molar-refractivity contribution in [3.8, 4) is 0 Å². The van der Waals surface area contributed by atoms with Crippen molar-refractivity contribution in [1.82, 2.24) is 0 Å². The average Bonchev–Trinajstić information content (AvgIpc) is 2.09. The molecule has 1 aromatic carbocycles. The molecule has 0 aliphatic carbocycles. The predicted molar refractivity (Wildman–Crippen MR) is 53.4 cm³/mol. The summed E-state index contributed by atoms with van der Waals surface area (Å²) >= 11 is 3.38. The van der Waals surface area contributed by atoms with Crippen LogP contribution in [0.1, 0.15) is 15.9 Å². The van der Waals surface area contributed by atoms with Crippen molar-refractivity contribution in [2.24, 2.45) is 0 Å². The molecule has 0 heterocycles. The van der Waals surface area contributed by atoms with Gasteiger partial charge in [-0.3, -0.25) is 4.79 Å². The molecule has 0 saturated carbocycles. The molecule has 0 amide bonds. The maximum atomic E-state index is 10.4. The van der Waals surface area contributed by atoms with Crippen LogP contribution in [0.3, 0.4) is 0 Å². The van der Waals surface area contributed by atoms with Gasteiger partial charge < -0.3 is 0 Å². The minimum atomic E-state index is 0.690. The van der Waals surface area contributed by atoms with Crippen LogP contribution in [0, 0.1) is 0 Å². The van der Waals surface area contributed by atoms with Crippen LogP contribution in [0.25, 0.3) is 0 Å². The number of benzene rings is 1. The molecular formula is C10H9BrO. The summed E-state index contributed by atoms with van der Waals surface area (Å²) in [5, 5.41) is 0. The molecule has 0 aliphatic heterocycles. The first-order valence-electron chi connectivity index (χ1n) is 3.62. The Bertz CT molecular complexity index is 305. The van der Waals surface area contributed by atoms with Crippen molar-refractivity contribution < 1.29 is 4.79 Å². The Morgan fingerprint density at radius 3 is 2.75 bits per heavy atom. The molecule has 12 heavy (non-hydrogen) atoms. The minimum Gasteiger partial charge on any atom is -0.298 e. The zero-order chi connectivity index (χ0) is 8.97. The van der Waals surface area contributed by atoms with Gasteiger partial charge in [0, 0.05) is 10.0 Å². The van der Waals surface area contributed by atoms with E-state index in [9.17, 15) is 4.79 Å². The summed E-state index contributed by atoms with van der Waals surface area (Å²) in [5.74, 6) is 0. The molecule has 0 spiro atoms. The lowest BCUT2D eigenvalue weighted by Crippen LogP contribution is -1.86. The number of carbonyl (C=O) groups is 1. The summed E-state index contributed by atoms with van der Waals surface area (Å²) in [6.07, 6.45) is 3.49. The molecule has 1 rings (SSSR count). The maximum Gasteiger partial charge on any atom is 0.150 e. The van der Waals surface area contributed by atoms with Crippen molar-refractivity contribution in [3.63, 3.8) is 0 Å². The van der Waals surface area contributed by atoms with Gasteiger partial charge in [-0.15, -0.1) is 6.58 Å². The number of rotatable bonds is 3. The van der Waals surface area contributed by atoms with E-state index in [0.717, 1.165) is 22.7 Å².